The van der Waals surface area contributed by atoms with Gasteiger partial charge in [-0.25, -0.2) is 4.79 Å². The molecule has 0 radical (unpaired) electrons. The maximum absolute atomic E-state index is 13.0. The third kappa shape index (κ3) is 13.4. The summed E-state index contributed by atoms with van der Waals surface area (Å²) in [6, 6.07) is 16.0. The van der Waals surface area contributed by atoms with E-state index in [1.165, 1.54) is 0 Å². The van der Waals surface area contributed by atoms with Crippen molar-refractivity contribution >= 4 is 23.7 Å². The number of carbonyl (C=O) groups is 4. The molecule has 0 aromatic heterocycles. The monoisotopic (exact) mass is 626 g/mol. The SMILES string of the molecule is CC(C)C(NC(=O)C(N)C(C)CO)C(O)C(=O)CCCC[C@@H](Cc1ccccc1)NC(=O)[C@H](C)NC(=O)OCc1ccccc1. The average molecular weight is 627 g/mol. The van der Waals surface area contributed by atoms with E-state index in [0.717, 1.165) is 11.1 Å². The number of nitrogens with two attached hydrogens (primary N) is 1. The summed E-state index contributed by atoms with van der Waals surface area (Å²) in [7, 11) is 0. The summed E-state index contributed by atoms with van der Waals surface area (Å²) in [5.41, 5.74) is 7.76. The molecule has 3 amide bonds. The molecule has 11 heteroatoms. The molecular formula is C34H50N4O7. The number of aliphatic hydroxyl groups is 2. The molecule has 4 unspecified atom stereocenters. The third-order valence-corrected chi connectivity index (χ3v) is 7.74. The number of carbonyl (C=O) groups excluding carboxylic acids is 4. The minimum atomic E-state index is -1.40. The van der Waals surface area contributed by atoms with Crippen LogP contribution >= 0.6 is 0 Å². The number of hydrogen-bond acceptors (Lipinski definition) is 8. The second kappa shape index (κ2) is 19.6. The van der Waals surface area contributed by atoms with Crippen LogP contribution in [0.4, 0.5) is 4.79 Å². The maximum Gasteiger partial charge on any atom is 0.408 e. The number of ketones is 1. The summed E-state index contributed by atoms with van der Waals surface area (Å²) in [5.74, 6) is -1.99. The molecule has 0 bridgehead atoms. The van der Waals surface area contributed by atoms with Crippen molar-refractivity contribution in [1.82, 2.24) is 16.0 Å². The molecule has 6 atom stereocenters. The van der Waals surface area contributed by atoms with Crippen LogP contribution in [-0.4, -0.2) is 70.8 Å². The van der Waals surface area contributed by atoms with Crippen LogP contribution in [0.25, 0.3) is 0 Å². The van der Waals surface area contributed by atoms with Crippen molar-refractivity contribution in [3.05, 3.63) is 71.8 Å². The molecule has 0 saturated carbocycles. The Hall–Kier alpha value is -3.80. The van der Waals surface area contributed by atoms with Crippen LogP contribution in [0.5, 0.6) is 0 Å². The van der Waals surface area contributed by atoms with Crippen LogP contribution in [0, 0.1) is 11.8 Å². The number of Topliss-reactive ketones (excluding diaryl/α,β-unsaturated/α-hetero) is 1. The van der Waals surface area contributed by atoms with Gasteiger partial charge in [-0.3, -0.25) is 14.4 Å². The Kier molecular flexibility index (Phi) is 16.2. The Labute approximate surface area is 266 Å². The molecule has 45 heavy (non-hydrogen) atoms. The van der Waals surface area contributed by atoms with Crippen LogP contribution in [0.2, 0.25) is 0 Å². The van der Waals surface area contributed by atoms with Gasteiger partial charge in [-0.2, -0.15) is 0 Å². The van der Waals surface area contributed by atoms with Crippen LogP contribution in [0.3, 0.4) is 0 Å². The number of alkyl carbamates (subject to hydrolysis) is 1. The van der Waals surface area contributed by atoms with Gasteiger partial charge in [0.2, 0.25) is 11.8 Å². The molecule has 0 aliphatic heterocycles. The van der Waals surface area contributed by atoms with E-state index in [1.807, 2.05) is 60.7 Å². The first-order chi connectivity index (χ1) is 21.4. The highest BCUT2D eigenvalue weighted by molar-refractivity contribution is 5.86. The standard InChI is InChI=1S/C34H50N4O7/c1-22(2)30(38-33(43)29(35)23(3)20-39)31(41)28(40)18-12-11-17-27(19-25-13-7-5-8-14-25)37-32(42)24(4)36-34(44)45-21-26-15-9-6-10-16-26/h5-10,13-16,22-24,27,29-31,39,41H,11-12,17-21,35H2,1-4H3,(H,36,44)(H,37,42)(H,38,43)/t23?,24-,27-,29?,30?,31?/m0/s1. The van der Waals surface area contributed by atoms with Crippen molar-refractivity contribution in [3.63, 3.8) is 0 Å². The van der Waals surface area contributed by atoms with Crippen LogP contribution in [0.1, 0.15) is 64.5 Å². The molecule has 0 aliphatic carbocycles. The van der Waals surface area contributed by atoms with Gasteiger partial charge in [-0.15, -0.1) is 0 Å². The predicted molar refractivity (Wildman–Crippen MR) is 172 cm³/mol. The minimum absolute atomic E-state index is 0.0891. The number of nitrogens with one attached hydrogen (secondary N) is 3. The van der Waals surface area contributed by atoms with Crippen molar-refractivity contribution in [2.75, 3.05) is 6.61 Å². The molecular weight excluding hydrogens is 576 g/mol. The van der Waals surface area contributed by atoms with E-state index in [9.17, 15) is 29.4 Å². The zero-order chi connectivity index (χ0) is 33.4. The lowest BCUT2D eigenvalue weighted by molar-refractivity contribution is -0.132. The highest BCUT2D eigenvalue weighted by Gasteiger charge is 2.32. The van der Waals surface area contributed by atoms with Crippen molar-refractivity contribution in [1.29, 1.82) is 0 Å². The molecule has 248 valence electrons. The molecule has 11 nitrogen and oxygen atoms in total. The maximum atomic E-state index is 13.0. The lowest BCUT2D eigenvalue weighted by Gasteiger charge is -2.29. The van der Waals surface area contributed by atoms with E-state index in [2.05, 4.69) is 16.0 Å². The highest BCUT2D eigenvalue weighted by Crippen LogP contribution is 2.15. The summed E-state index contributed by atoms with van der Waals surface area (Å²) >= 11 is 0. The molecule has 0 heterocycles. The lowest BCUT2D eigenvalue weighted by Crippen LogP contribution is -2.55. The number of ether oxygens (including phenoxy) is 1. The number of benzene rings is 2. The number of hydrogen-bond donors (Lipinski definition) is 6. The Balaban J connectivity index is 1.90. The molecule has 2 aromatic rings. The molecule has 0 saturated heterocycles. The summed E-state index contributed by atoms with van der Waals surface area (Å²) < 4.78 is 5.23. The quantitative estimate of drug-likeness (QED) is 0.129. The van der Waals surface area contributed by atoms with Crippen molar-refractivity contribution in [2.24, 2.45) is 17.6 Å². The fourth-order valence-corrected chi connectivity index (χ4v) is 4.74. The first kappa shape index (κ1) is 37.4. The first-order valence-corrected chi connectivity index (χ1v) is 15.6. The van der Waals surface area contributed by atoms with Crippen molar-refractivity contribution in [3.8, 4) is 0 Å². The number of aliphatic hydroxyl groups excluding tert-OH is 2. The van der Waals surface area contributed by atoms with Gasteiger partial charge >= 0.3 is 6.09 Å². The molecule has 2 rings (SSSR count). The van der Waals surface area contributed by atoms with Crippen LogP contribution in [0.15, 0.2) is 60.7 Å². The largest absolute Gasteiger partial charge is 0.445 e. The Morgan fingerprint density at radius 2 is 1.42 bits per heavy atom. The van der Waals surface area contributed by atoms with E-state index < -0.39 is 47.9 Å². The normalized spacial score (nSPS) is 15.2. The predicted octanol–water partition coefficient (Wildman–Crippen LogP) is 2.62. The second-order valence-corrected chi connectivity index (χ2v) is 11.9. The van der Waals surface area contributed by atoms with Gasteiger partial charge in [0.1, 0.15) is 18.8 Å². The minimum Gasteiger partial charge on any atom is -0.445 e. The molecule has 0 fully saturated rings. The van der Waals surface area contributed by atoms with Gasteiger partial charge in [0.05, 0.1) is 12.1 Å². The summed E-state index contributed by atoms with van der Waals surface area (Å²) in [5, 5.41) is 28.3. The second-order valence-electron chi connectivity index (χ2n) is 11.9. The fraction of sp³-hybridized carbons (Fsp3) is 0.529. The summed E-state index contributed by atoms with van der Waals surface area (Å²) in [4.78, 5) is 50.7. The fourth-order valence-electron chi connectivity index (χ4n) is 4.74. The summed E-state index contributed by atoms with van der Waals surface area (Å²) in [6.07, 6.45) is 0.176. The average Bonchev–Trinajstić information content (AvgIpc) is 3.03. The number of rotatable bonds is 19. The zero-order valence-corrected chi connectivity index (χ0v) is 26.8. The van der Waals surface area contributed by atoms with E-state index in [0.29, 0.717) is 25.7 Å². The van der Waals surface area contributed by atoms with Gasteiger partial charge < -0.3 is 36.6 Å². The van der Waals surface area contributed by atoms with E-state index in [1.54, 1.807) is 27.7 Å². The molecule has 0 spiro atoms. The Bertz CT molecular complexity index is 1200. The highest BCUT2D eigenvalue weighted by atomic mass is 16.5. The van der Waals surface area contributed by atoms with Crippen LogP contribution < -0.4 is 21.7 Å². The smallest absolute Gasteiger partial charge is 0.408 e. The molecule has 0 aliphatic rings. The van der Waals surface area contributed by atoms with Crippen molar-refractivity contribution < 1.29 is 34.1 Å². The molecule has 7 N–H and O–H groups in total. The van der Waals surface area contributed by atoms with E-state index in [-0.39, 0.29) is 37.5 Å². The van der Waals surface area contributed by atoms with Gasteiger partial charge in [0, 0.05) is 25.0 Å². The topological polar surface area (TPSA) is 180 Å². The summed E-state index contributed by atoms with van der Waals surface area (Å²) in [6.45, 7) is 6.63. The zero-order valence-electron chi connectivity index (χ0n) is 26.8. The lowest BCUT2D eigenvalue weighted by atomic mass is 9.92. The Morgan fingerprint density at radius 3 is 2.00 bits per heavy atom. The Morgan fingerprint density at radius 1 is 0.822 bits per heavy atom. The number of amides is 3. The van der Waals surface area contributed by atoms with E-state index in [4.69, 9.17) is 10.5 Å². The van der Waals surface area contributed by atoms with Gasteiger partial charge in [-0.1, -0.05) is 87.9 Å². The first-order valence-electron chi connectivity index (χ1n) is 15.6. The third-order valence-electron chi connectivity index (χ3n) is 7.74. The van der Waals surface area contributed by atoms with E-state index >= 15 is 0 Å². The van der Waals surface area contributed by atoms with Gasteiger partial charge in [-0.05, 0) is 43.2 Å². The number of unbranched alkanes of at least 4 members (excludes halogenated alkanes) is 1. The van der Waals surface area contributed by atoms with Crippen LogP contribution in [-0.2, 0) is 32.1 Å². The van der Waals surface area contributed by atoms with Gasteiger partial charge in [0.15, 0.2) is 5.78 Å². The van der Waals surface area contributed by atoms with Crippen molar-refractivity contribution in [2.45, 2.75) is 96.7 Å². The van der Waals surface area contributed by atoms with Gasteiger partial charge in [0.25, 0.3) is 0 Å². The molecule has 2 aromatic carbocycles.